The first-order valence-electron chi connectivity index (χ1n) is 10.4. The maximum Gasteiger partial charge on any atom is 0.315 e. The van der Waals surface area contributed by atoms with E-state index in [2.05, 4.69) is 16.0 Å². The van der Waals surface area contributed by atoms with Crippen LogP contribution in [0.1, 0.15) is 38.2 Å². The van der Waals surface area contributed by atoms with Crippen LogP contribution in [0.15, 0.2) is 48.5 Å². The molecule has 2 aromatic carbocycles. The highest BCUT2D eigenvalue weighted by atomic mass is 16.5. The monoisotopic (exact) mass is 411 g/mol. The molecule has 1 aliphatic rings. The van der Waals surface area contributed by atoms with Gasteiger partial charge in [0.1, 0.15) is 11.5 Å². The van der Waals surface area contributed by atoms with Crippen LogP contribution in [-0.2, 0) is 11.3 Å². The Bertz CT molecular complexity index is 815. The molecule has 0 saturated heterocycles. The highest BCUT2D eigenvalue weighted by molar-refractivity contribution is 5.94. The minimum atomic E-state index is -0.400. The van der Waals surface area contributed by atoms with Gasteiger partial charge in [0.05, 0.1) is 19.3 Å². The lowest BCUT2D eigenvalue weighted by Crippen LogP contribution is -2.39. The van der Waals surface area contributed by atoms with Crippen molar-refractivity contribution in [2.24, 2.45) is 0 Å². The molecular formula is C23H29N3O4. The van der Waals surface area contributed by atoms with E-state index < -0.39 is 6.03 Å². The third-order valence-electron chi connectivity index (χ3n) is 4.84. The predicted octanol–water partition coefficient (Wildman–Crippen LogP) is 3.84. The van der Waals surface area contributed by atoms with Gasteiger partial charge in [-0.15, -0.1) is 0 Å². The molecule has 3 rings (SSSR count). The highest BCUT2D eigenvalue weighted by Gasteiger charge is 2.16. The average Bonchev–Trinajstić information content (AvgIpc) is 3.26. The van der Waals surface area contributed by atoms with E-state index in [1.165, 1.54) is 12.8 Å². The molecule has 1 aliphatic carbocycles. The van der Waals surface area contributed by atoms with E-state index in [1.54, 1.807) is 24.3 Å². The molecule has 3 amide bonds. The topological polar surface area (TPSA) is 88.7 Å². The molecule has 7 heteroatoms. The molecule has 0 atom stereocenters. The minimum absolute atomic E-state index is 0.118. The van der Waals surface area contributed by atoms with Crippen LogP contribution in [0.3, 0.4) is 0 Å². The van der Waals surface area contributed by atoms with Gasteiger partial charge in [0.15, 0.2) is 0 Å². The first-order valence-corrected chi connectivity index (χ1v) is 10.4. The number of nitrogens with one attached hydrogen (secondary N) is 3. The smallest absolute Gasteiger partial charge is 0.315 e. The molecule has 7 nitrogen and oxygen atoms in total. The van der Waals surface area contributed by atoms with Gasteiger partial charge in [-0.1, -0.05) is 12.1 Å². The van der Waals surface area contributed by atoms with Gasteiger partial charge in [0, 0.05) is 12.2 Å². The Morgan fingerprint density at radius 2 is 1.60 bits per heavy atom. The summed E-state index contributed by atoms with van der Waals surface area (Å²) in [6, 6.07) is 14.4. The van der Waals surface area contributed by atoms with Crippen molar-refractivity contribution in [2.45, 2.75) is 45.3 Å². The molecule has 0 bridgehead atoms. The summed E-state index contributed by atoms with van der Waals surface area (Å²) in [4.78, 5) is 23.9. The third kappa shape index (κ3) is 6.99. The summed E-state index contributed by atoms with van der Waals surface area (Å²) in [5.74, 6) is 1.30. The molecule has 2 aromatic rings. The maximum absolute atomic E-state index is 12.0. The van der Waals surface area contributed by atoms with E-state index in [1.807, 2.05) is 31.2 Å². The van der Waals surface area contributed by atoms with Gasteiger partial charge < -0.3 is 25.4 Å². The van der Waals surface area contributed by atoms with Crippen molar-refractivity contribution in [3.63, 3.8) is 0 Å². The summed E-state index contributed by atoms with van der Waals surface area (Å²) in [5, 5.41) is 8.02. The zero-order valence-electron chi connectivity index (χ0n) is 17.3. The fourth-order valence-electron chi connectivity index (χ4n) is 3.30. The van der Waals surface area contributed by atoms with Gasteiger partial charge in [-0.2, -0.15) is 0 Å². The molecule has 1 saturated carbocycles. The van der Waals surface area contributed by atoms with Crippen molar-refractivity contribution in [3.05, 3.63) is 54.1 Å². The Morgan fingerprint density at radius 3 is 2.27 bits per heavy atom. The molecule has 0 aliphatic heterocycles. The second kappa shape index (κ2) is 11.1. The number of hydrogen-bond donors (Lipinski definition) is 3. The Kier molecular flexibility index (Phi) is 7.94. The van der Waals surface area contributed by atoms with E-state index in [0.717, 1.165) is 29.9 Å². The first-order chi connectivity index (χ1) is 14.6. The molecule has 0 unspecified atom stereocenters. The quantitative estimate of drug-likeness (QED) is 0.585. The normalized spacial score (nSPS) is 13.5. The fraction of sp³-hybridized carbons (Fsp3) is 0.391. The SMILES string of the molecule is CCOc1ccc(NC(=O)CNC(=O)NCc2ccc(OC3CCCC3)cc2)cc1. The van der Waals surface area contributed by atoms with E-state index >= 15 is 0 Å². The van der Waals surface area contributed by atoms with Crippen molar-refractivity contribution >= 4 is 17.6 Å². The summed E-state index contributed by atoms with van der Waals surface area (Å²) >= 11 is 0. The van der Waals surface area contributed by atoms with Crippen molar-refractivity contribution in [1.82, 2.24) is 10.6 Å². The zero-order valence-corrected chi connectivity index (χ0v) is 17.3. The first kappa shape index (κ1) is 21.5. The molecular weight excluding hydrogens is 382 g/mol. The van der Waals surface area contributed by atoms with Gasteiger partial charge in [0.25, 0.3) is 0 Å². The molecule has 1 fully saturated rings. The standard InChI is InChI=1S/C23H29N3O4/c1-2-29-19-13-9-18(10-14-19)26-22(27)16-25-23(28)24-15-17-7-11-21(12-8-17)30-20-5-3-4-6-20/h7-14,20H,2-6,15-16H2,1H3,(H,26,27)(H2,24,25,28). The van der Waals surface area contributed by atoms with Gasteiger partial charge in [-0.3, -0.25) is 4.79 Å². The molecule has 0 aromatic heterocycles. The van der Waals surface area contributed by atoms with Crippen LogP contribution in [0.2, 0.25) is 0 Å². The number of hydrogen-bond acceptors (Lipinski definition) is 4. The summed E-state index contributed by atoms with van der Waals surface area (Å²) < 4.78 is 11.3. The molecule has 3 N–H and O–H groups in total. The van der Waals surface area contributed by atoms with E-state index in [9.17, 15) is 9.59 Å². The summed E-state index contributed by atoms with van der Waals surface area (Å²) in [5.41, 5.74) is 1.60. The van der Waals surface area contributed by atoms with Gasteiger partial charge in [-0.05, 0) is 74.6 Å². The van der Waals surface area contributed by atoms with Crippen molar-refractivity contribution in [3.8, 4) is 11.5 Å². The van der Waals surface area contributed by atoms with E-state index in [0.29, 0.717) is 24.9 Å². The van der Waals surface area contributed by atoms with Crippen LogP contribution in [0, 0.1) is 0 Å². The fourth-order valence-corrected chi connectivity index (χ4v) is 3.30. The molecule has 0 spiro atoms. The summed E-state index contributed by atoms with van der Waals surface area (Å²) in [6.45, 7) is 2.75. The van der Waals surface area contributed by atoms with Crippen LogP contribution < -0.4 is 25.4 Å². The largest absolute Gasteiger partial charge is 0.494 e. The minimum Gasteiger partial charge on any atom is -0.494 e. The van der Waals surface area contributed by atoms with Crippen LogP contribution in [0.5, 0.6) is 11.5 Å². The van der Waals surface area contributed by atoms with Crippen LogP contribution in [0.4, 0.5) is 10.5 Å². The van der Waals surface area contributed by atoms with E-state index in [4.69, 9.17) is 9.47 Å². The predicted molar refractivity (Wildman–Crippen MR) is 116 cm³/mol. The Balaban J connectivity index is 1.34. The van der Waals surface area contributed by atoms with Crippen LogP contribution >= 0.6 is 0 Å². The zero-order chi connectivity index (χ0) is 21.2. The second-order valence-corrected chi connectivity index (χ2v) is 7.21. The molecule has 160 valence electrons. The Labute approximate surface area is 177 Å². The number of rotatable bonds is 9. The summed E-state index contributed by atoms with van der Waals surface area (Å²) in [6.07, 6.45) is 5.04. The van der Waals surface area contributed by atoms with Crippen molar-refractivity contribution in [2.75, 3.05) is 18.5 Å². The number of carbonyl (C=O) groups is 2. The Morgan fingerprint density at radius 1 is 0.933 bits per heavy atom. The lowest BCUT2D eigenvalue weighted by Gasteiger charge is -2.13. The van der Waals surface area contributed by atoms with Crippen LogP contribution in [-0.4, -0.2) is 31.2 Å². The molecule has 30 heavy (non-hydrogen) atoms. The number of anilines is 1. The molecule has 0 radical (unpaired) electrons. The Hall–Kier alpha value is -3.22. The number of benzene rings is 2. The maximum atomic E-state index is 12.0. The van der Waals surface area contributed by atoms with Crippen molar-refractivity contribution in [1.29, 1.82) is 0 Å². The van der Waals surface area contributed by atoms with E-state index in [-0.39, 0.29) is 12.5 Å². The van der Waals surface area contributed by atoms with Gasteiger partial charge in [-0.25, -0.2) is 4.79 Å². The summed E-state index contributed by atoms with van der Waals surface area (Å²) in [7, 11) is 0. The number of ether oxygens (including phenoxy) is 2. The van der Waals surface area contributed by atoms with Crippen LogP contribution in [0.25, 0.3) is 0 Å². The lowest BCUT2D eigenvalue weighted by atomic mass is 10.2. The van der Waals surface area contributed by atoms with Gasteiger partial charge >= 0.3 is 6.03 Å². The average molecular weight is 412 g/mol. The van der Waals surface area contributed by atoms with Crippen molar-refractivity contribution < 1.29 is 19.1 Å². The van der Waals surface area contributed by atoms with Gasteiger partial charge in [0.2, 0.25) is 5.91 Å². The number of amides is 3. The lowest BCUT2D eigenvalue weighted by molar-refractivity contribution is -0.115. The second-order valence-electron chi connectivity index (χ2n) is 7.21. The number of urea groups is 1. The third-order valence-corrected chi connectivity index (χ3v) is 4.84. The highest BCUT2D eigenvalue weighted by Crippen LogP contribution is 2.24. The molecule has 0 heterocycles. The number of carbonyl (C=O) groups excluding carboxylic acids is 2.